The van der Waals surface area contributed by atoms with Crippen LogP contribution in [0.5, 0.6) is 0 Å². The van der Waals surface area contributed by atoms with E-state index in [0.29, 0.717) is 0 Å². The molecular formula is C14H19ClO2. The standard InChI is InChI=1S/C14H19ClO2/c1-4-14(5-2)16-10(3)13(17-14)11-8-6-7-9-12(11)15/h6-10,13H,4-5H2,1-3H3/t10-,13-/m0/s1. The van der Waals surface area contributed by atoms with Crippen LogP contribution in [0, 0.1) is 0 Å². The zero-order valence-electron chi connectivity index (χ0n) is 10.6. The Labute approximate surface area is 108 Å². The van der Waals surface area contributed by atoms with Crippen molar-refractivity contribution in [1.82, 2.24) is 0 Å². The van der Waals surface area contributed by atoms with Crippen LogP contribution in [0.3, 0.4) is 0 Å². The average Bonchev–Trinajstić information content (AvgIpc) is 2.68. The van der Waals surface area contributed by atoms with Crippen molar-refractivity contribution in [2.24, 2.45) is 0 Å². The Morgan fingerprint density at radius 3 is 2.35 bits per heavy atom. The summed E-state index contributed by atoms with van der Waals surface area (Å²) >= 11 is 6.21. The van der Waals surface area contributed by atoms with Crippen LogP contribution in [0.25, 0.3) is 0 Å². The summed E-state index contributed by atoms with van der Waals surface area (Å²) in [7, 11) is 0. The van der Waals surface area contributed by atoms with E-state index in [9.17, 15) is 0 Å². The van der Waals surface area contributed by atoms with Crippen molar-refractivity contribution in [3.63, 3.8) is 0 Å². The molecule has 0 N–H and O–H groups in total. The quantitative estimate of drug-likeness (QED) is 0.799. The minimum absolute atomic E-state index is 0.0369. The topological polar surface area (TPSA) is 18.5 Å². The third-order valence-electron chi connectivity index (χ3n) is 3.46. The molecule has 0 saturated carbocycles. The van der Waals surface area contributed by atoms with Gasteiger partial charge in [-0.05, 0) is 25.8 Å². The first-order valence-electron chi connectivity index (χ1n) is 6.22. The van der Waals surface area contributed by atoms with Gasteiger partial charge in [0.25, 0.3) is 0 Å². The van der Waals surface area contributed by atoms with E-state index in [1.165, 1.54) is 0 Å². The summed E-state index contributed by atoms with van der Waals surface area (Å²) in [5, 5.41) is 0.746. The molecular weight excluding hydrogens is 236 g/mol. The Morgan fingerprint density at radius 2 is 1.82 bits per heavy atom. The zero-order chi connectivity index (χ0) is 12.5. The Morgan fingerprint density at radius 1 is 1.18 bits per heavy atom. The van der Waals surface area contributed by atoms with E-state index in [4.69, 9.17) is 21.1 Å². The first-order valence-corrected chi connectivity index (χ1v) is 6.59. The number of benzene rings is 1. The second-order valence-electron chi connectivity index (χ2n) is 4.50. The maximum absolute atomic E-state index is 6.21. The predicted molar refractivity (Wildman–Crippen MR) is 69.1 cm³/mol. The van der Waals surface area contributed by atoms with Gasteiger partial charge in [-0.25, -0.2) is 0 Å². The molecule has 0 radical (unpaired) electrons. The Bertz CT molecular complexity index is 388. The molecule has 2 atom stereocenters. The molecule has 1 aliphatic heterocycles. The van der Waals surface area contributed by atoms with Gasteiger partial charge in [0.1, 0.15) is 6.10 Å². The fourth-order valence-corrected chi connectivity index (χ4v) is 2.60. The fraction of sp³-hybridized carbons (Fsp3) is 0.571. The van der Waals surface area contributed by atoms with Crippen molar-refractivity contribution in [3.05, 3.63) is 34.9 Å². The van der Waals surface area contributed by atoms with Gasteiger partial charge in [-0.3, -0.25) is 0 Å². The lowest BCUT2D eigenvalue weighted by Crippen LogP contribution is -2.28. The van der Waals surface area contributed by atoms with Crippen molar-refractivity contribution in [2.75, 3.05) is 0 Å². The fourth-order valence-electron chi connectivity index (χ4n) is 2.36. The van der Waals surface area contributed by atoms with Crippen LogP contribution >= 0.6 is 11.6 Å². The molecule has 2 nitrogen and oxygen atoms in total. The van der Waals surface area contributed by atoms with Crippen LogP contribution in [-0.4, -0.2) is 11.9 Å². The minimum Gasteiger partial charge on any atom is -0.344 e. The number of hydrogen-bond acceptors (Lipinski definition) is 2. The highest BCUT2D eigenvalue weighted by atomic mass is 35.5. The summed E-state index contributed by atoms with van der Waals surface area (Å²) in [4.78, 5) is 0. The van der Waals surface area contributed by atoms with Gasteiger partial charge < -0.3 is 9.47 Å². The van der Waals surface area contributed by atoms with E-state index >= 15 is 0 Å². The maximum atomic E-state index is 6.21. The number of hydrogen-bond donors (Lipinski definition) is 0. The van der Waals surface area contributed by atoms with Gasteiger partial charge in [-0.2, -0.15) is 0 Å². The molecule has 1 fully saturated rings. The first-order chi connectivity index (χ1) is 8.12. The summed E-state index contributed by atoms with van der Waals surface area (Å²) in [6, 6.07) is 7.81. The van der Waals surface area contributed by atoms with E-state index in [-0.39, 0.29) is 12.2 Å². The van der Waals surface area contributed by atoms with Crippen LogP contribution in [0.15, 0.2) is 24.3 Å². The van der Waals surface area contributed by atoms with Crippen LogP contribution in [0.2, 0.25) is 5.02 Å². The number of halogens is 1. The van der Waals surface area contributed by atoms with Gasteiger partial charge in [-0.1, -0.05) is 43.6 Å². The highest BCUT2D eigenvalue weighted by Gasteiger charge is 2.44. The largest absolute Gasteiger partial charge is 0.344 e. The van der Waals surface area contributed by atoms with Crippen molar-refractivity contribution in [2.45, 2.75) is 51.6 Å². The molecule has 1 aliphatic rings. The average molecular weight is 255 g/mol. The second-order valence-corrected chi connectivity index (χ2v) is 4.91. The van der Waals surface area contributed by atoms with Gasteiger partial charge in [0.05, 0.1) is 6.10 Å². The van der Waals surface area contributed by atoms with Gasteiger partial charge in [0, 0.05) is 10.6 Å². The smallest absolute Gasteiger partial charge is 0.169 e. The van der Waals surface area contributed by atoms with Crippen molar-refractivity contribution < 1.29 is 9.47 Å². The van der Waals surface area contributed by atoms with E-state index in [2.05, 4.69) is 13.8 Å². The van der Waals surface area contributed by atoms with Gasteiger partial charge in [0.15, 0.2) is 5.79 Å². The van der Waals surface area contributed by atoms with Crippen molar-refractivity contribution >= 4 is 11.6 Å². The summed E-state index contributed by atoms with van der Waals surface area (Å²) < 4.78 is 12.1. The second kappa shape index (κ2) is 4.97. The number of rotatable bonds is 3. The summed E-state index contributed by atoms with van der Waals surface area (Å²) in [5.74, 6) is -0.441. The molecule has 94 valence electrons. The Balaban J connectivity index is 2.27. The SMILES string of the molecule is CCC1(CC)O[C@@H](C)[C@@H](c2ccccc2Cl)O1. The molecule has 1 aromatic rings. The third-order valence-corrected chi connectivity index (χ3v) is 3.80. The van der Waals surface area contributed by atoms with Crippen LogP contribution in [0.4, 0.5) is 0 Å². The molecule has 0 bridgehead atoms. The zero-order valence-corrected chi connectivity index (χ0v) is 11.3. The molecule has 0 amide bonds. The molecule has 0 spiro atoms. The summed E-state index contributed by atoms with van der Waals surface area (Å²) in [6.45, 7) is 6.22. The highest BCUT2D eigenvalue weighted by molar-refractivity contribution is 6.31. The lowest BCUT2D eigenvalue weighted by Gasteiger charge is -2.25. The van der Waals surface area contributed by atoms with Crippen molar-refractivity contribution in [3.8, 4) is 0 Å². The Kier molecular flexibility index (Phi) is 3.76. The third kappa shape index (κ3) is 2.35. The molecule has 0 unspecified atom stereocenters. The van der Waals surface area contributed by atoms with E-state index in [1.807, 2.05) is 31.2 Å². The van der Waals surface area contributed by atoms with Crippen LogP contribution < -0.4 is 0 Å². The first kappa shape index (κ1) is 12.9. The van der Waals surface area contributed by atoms with Crippen LogP contribution in [-0.2, 0) is 9.47 Å². The molecule has 1 aromatic carbocycles. The molecule has 0 aliphatic carbocycles. The summed E-state index contributed by atoms with van der Waals surface area (Å²) in [6.07, 6.45) is 1.68. The minimum atomic E-state index is -0.441. The molecule has 3 heteroatoms. The van der Waals surface area contributed by atoms with Crippen LogP contribution in [0.1, 0.15) is 45.3 Å². The maximum Gasteiger partial charge on any atom is 0.169 e. The highest BCUT2D eigenvalue weighted by Crippen LogP contribution is 2.43. The van der Waals surface area contributed by atoms with Gasteiger partial charge in [0.2, 0.25) is 0 Å². The van der Waals surface area contributed by atoms with Crippen molar-refractivity contribution in [1.29, 1.82) is 0 Å². The normalized spacial score (nSPS) is 27.3. The van der Waals surface area contributed by atoms with E-state index in [0.717, 1.165) is 23.4 Å². The van der Waals surface area contributed by atoms with Gasteiger partial charge >= 0.3 is 0 Å². The van der Waals surface area contributed by atoms with Gasteiger partial charge in [-0.15, -0.1) is 0 Å². The Hall–Kier alpha value is -0.570. The molecule has 0 aromatic heterocycles. The lowest BCUT2D eigenvalue weighted by molar-refractivity contribution is -0.178. The summed E-state index contributed by atoms with van der Waals surface area (Å²) in [5.41, 5.74) is 1.02. The van der Waals surface area contributed by atoms with E-state index in [1.54, 1.807) is 0 Å². The monoisotopic (exact) mass is 254 g/mol. The molecule has 2 rings (SSSR count). The van der Waals surface area contributed by atoms with E-state index < -0.39 is 5.79 Å². The number of ether oxygens (including phenoxy) is 2. The molecule has 1 saturated heterocycles. The predicted octanol–water partition coefficient (Wildman–Crippen LogP) is 4.33. The molecule has 1 heterocycles. The molecule has 17 heavy (non-hydrogen) atoms. The lowest BCUT2D eigenvalue weighted by atomic mass is 10.1.